The molecule has 1 aromatic carbocycles. The topological polar surface area (TPSA) is 66.5 Å². The Labute approximate surface area is 150 Å². The standard InChI is InChI=1S/C16H17ClN2O3S2/c1-2-19(10-12-4-7-15(17)23-12)24(21,22)13-5-6-14-11(9-13)3-8-16(20)18-14/h4-7,9H,2-3,8,10H2,1H3,(H,18,20). The van der Waals surface area contributed by atoms with Crippen LogP contribution in [-0.4, -0.2) is 25.2 Å². The van der Waals surface area contributed by atoms with E-state index < -0.39 is 10.0 Å². The smallest absolute Gasteiger partial charge is 0.243 e. The van der Waals surface area contributed by atoms with Crippen molar-refractivity contribution >= 4 is 44.6 Å². The van der Waals surface area contributed by atoms with Gasteiger partial charge in [-0.25, -0.2) is 8.42 Å². The van der Waals surface area contributed by atoms with Crippen LogP contribution < -0.4 is 5.32 Å². The molecule has 0 bridgehead atoms. The molecule has 2 aromatic rings. The van der Waals surface area contributed by atoms with Gasteiger partial charge in [-0.1, -0.05) is 18.5 Å². The van der Waals surface area contributed by atoms with Gasteiger partial charge in [0.15, 0.2) is 0 Å². The van der Waals surface area contributed by atoms with E-state index in [0.29, 0.717) is 36.0 Å². The minimum absolute atomic E-state index is 0.0390. The Morgan fingerprint density at radius 1 is 1.25 bits per heavy atom. The predicted octanol–water partition coefficient (Wildman–Crippen LogP) is 3.50. The molecule has 1 aliphatic rings. The number of nitrogens with one attached hydrogen (secondary N) is 1. The number of amides is 1. The zero-order chi connectivity index (χ0) is 17.3. The number of carbonyl (C=O) groups excluding carboxylic acids is 1. The van der Waals surface area contributed by atoms with Gasteiger partial charge in [-0.05, 0) is 42.3 Å². The molecule has 0 saturated carbocycles. The van der Waals surface area contributed by atoms with Crippen molar-refractivity contribution in [3.8, 4) is 0 Å². The summed E-state index contributed by atoms with van der Waals surface area (Å²) in [5.74, 6) is -0.0390. The fourth-order valence-corrected chi connectivity index (χ4v) is 5.31. The second kappa shape index (κ2) is 6.84. The van der Waals surface area contributed by atoms with Crippen LogP contribution in [0.5, 0.6) is 0 Å². The Kier molecular flexibility index (Phi) is 4.96. The summed E-state index contributed by atoms with van der Waals surface area (Å²) in [6.45, 7) is 2.47. The molecule has 0 aliphatic carbocycles. The highest BCUT2D eigenvalue weighted by atomic mass is 35.5. The first-order valence-corrected chi connectivity index (χ1v) is 10.2. The number of benzene rings is 1. The van der Waals surface area contributed by atoms with Crippen LogP contribution >= 0.6 is 22.9 Å². The predicted molar refractivity (Wildman–Crippen MR) is 96.0 cm³/mol. The minimum atomic E-state index is -3.60. The lowest BCUT2D eigenvalue weighted by atomic mass is 10.0. The number of carbonyl (C=O) groups is 1. The van der Waals surface area contributed by atoms with Crippen molar-refractivity contribution in [3.05, 3.63) is 45.1 Å². The van der Waals surface area contributed by atoms with Crippen LogP contribution in [0.1, 0.15) is 23.8 Å². The third-order valence-corrected chi connectivity index (χ3v) is 7.06. The summed E-state index contributed by atoms with van der Waals surface area (Å²) in [5.41, 5.74) is 1.55. The molecule has 8 heteroatoms. The van der Waals surface area contributed by atoms with E-state index in [1.807, 2.05) is 13.0 Å². The molecule has 1 amide bonds. The molecule has 128 valence electrons. The number of anilines is 1. The van der Waals surface area contributed by atoms with Crippen LogP contribution in [0.4, 0.5) is 5.69 Å². The van der Waals surface area contributed by atoms with Crippen molar-refractivity contribution in [1.29, 1.82) is 0 Å². The molecular formula is C16H17ClN2O3S2. The number of hydrogen-bond donors (Lipinski definition) is 1. The third-order valence-electron chi connectivity index (χ3n) is 3.92. The molecule has 0 unspecified atom stereocenters. The highest BCUT2D eigenvalue weighted by Gasteiger charge is 2.25. The summed E-state index contributed by atoms with van der Waals surface area (Å²) < 4.78 is 27.9. The van der Waals surface area contributed by atoms with Crippen LogP contribution in [0.15, 0.2) is 35.2 Å². The SMILES string of the molecule is CCN(Cc1ccc(Cl)s1)S(=O)(=O)c1ccc2c(c1)CCC(=O)N2. The highest BCUT2D eigenvalue weighted by Crippen LogP contribution is 2.29. The molecule has 1 aliphatic heterocycles. The maximum atomic E-state index is 12.9. The second-order valence-corrected chi connectivity index (χ2v) is 9.24. The van der Waals surface area contributed by atoms with Gasteiger partial charge in [-0.2, -0.15) is 4.31 Å². The number of aryl methyl sites for hydroxylation is 1. The molecule has 24 heavy (non-hydrogen) atoms. The van der Waals surface area contributed by atoms with E-state index in [1.54, 1.807) is 24.3 Å². The minimum Gasteiger partial charge on any atom is -0.326 e. The Bertz CT molecular complexity index is 877. The van der Waals surface area contributed by atoms with Gasteiger partial charge in [0.1, 0.15) is 0 Å². The fourth-order valence-electron chi connectivity index (χ4n) is 2.65. The van der Waals surface area contributed by atoms with Gasteiger partial charge in [0, 0.05) is 30.1 Å². The summed E-state index contributed by atoms with van der Waals surface area (Å²) in [6.07, 6.45) is 0.929. The van der Waals surface area contributed by atoms with E-state index in [1.165, 1.54) is 15.6 Å². The molecule has 1 N–H and O–H groups in total. The first kappa shape index (κ1) is 17.4. The first-order valence-electron chi connectivity index (χ1n) is 7.57. The highest BCUT2D eigenvalue weighted by molar-refractivity contribution is 7.89. The quantitative estimate of drug-likeness (QED) is 0.857. The number of hydrogen-bond acceptors (Lipinski definition) is 4. The van der Waals surface area contributed by atoms with Crippen molar-refractivity contribution < 1.29 is 13.2 Å². The molecule has 0 fully saturated rings. The molecule has 0 spiro atoms. The van der Waals surface area contributed by atoms with E-state index in [-0.39, 0.29) is 10.8 Å². The van der Waals surface area contributed by atoms with Gasteiger partial charge in [-0.3, -0.25) is 4.79 Å². The van der Waals surface area contributed by atoms with Crippen LogP contribution in [0.2, 0.25) is 4.34 Å². The molecule has 1 aromatic heterocycles. The van der Waals surface area contributed by atoms with Crippen molar-refractivity contribution in [2.45, 2.75) is 31.2 Å². The van der Waals surface area contributed by atoms with Gasteiger partial charge < -0.3 is 5.32 Å². The summed E-state index contributed by atoms with van der Waals surface area (Å²) in [7, 11) is -3.60. The van der Waals surface area contributed by atoms with Gasteiger partial charge >= 0.3 is 0 Å². The van der Waals surface area contributed by atoms with Crippen molar-refractivity contribution in [3.63, 3.8) is 0 Å². The second-order valence-electron chi connectivity index (χ2n) is 5.50. The number of halogens is 1. The van der Waals surface area contributed by atoms with Crippen LogP contribution in [0.25, 0.3) is 0 Å². The summed E-state index contributed by atoms with van der Waals surface area (Å²) in [5, 5.41) is 2.76. The van der Waals surface area contributed by atoms with E-state index in [2.05, 4.69) is 5.32 Å². The molecular weight excluding hydrogens is 368 g/mol. The maximum Gasteiger partial charge on any atom is 0.243 e. The van der Waals surface area contributed by atoms with Crippen LogP contribution in [0, 0.1) is 0 Å². The Morgan fingerprint density at radius 2 is 2.04 bits per heavy atom. The maximum absolute atomic E-state index is 12.9. The van der Waals surface area contributed by atoms with Gasteiger partial charge in [0.05, 0.1) is 9.23 Å². The largest absolute Gasteiger partial charge is 0.326 e. The molecule has 0 saturated heterocycles. The lowest BCUT2D eigenvalue weighted by molar-refractivity contribution is -0.116. The van der Waals surface area contributed by atoms with Crippen molar-refractivity contribution in [2.75, 3.05) is 11.9 Å². The number of sulfonamides is 1. The summed E-state index contributed by atoms with van der Waals surface area (Å²) in [6, 6.07) is 8.48. The Hall–Kier alpha value is -1.41. The molecule has 0 radical (unpaired) electrons. The van der Waals surface area contributed by atoms with Gasteiger partial charge in [-0.15, -0.1) is 11.3 Å². The zero-order valence-corrected chi connectivity index (χ0v) is 15.5. The zero-order valence-electron chi connectivity index (χ0n) is 13.1. The summed E-state index contributed by atoms with van der Waals surface area (Å²) >= 11 is 7.30. The van der Waals surface area contributed by atoms with Crippen molar-refractivity contribution in [2.24, 2.45) is 0 Å². The summed E-state index contributed by atoms with van der Waals surface area (Å²) in [4.78, 5) is 12.6. The number of rotatable bonds is 5. The molecule has 0 atom stereocenters. The van der Waals surface area contributed by atoms with Gasteiger partial charge in [0.25, 0.3) is 0 Å². The van der Waals surface area contributed by atoms with Crippen LogP contribution in [-0.2, 0) is 27.8 Å². The molecule has 5 nitrogen and oxygen atoms in total. The molecule has 3 rings (SSSR count). The lowest BCUT2D eigenvalue weighted by Crippen LogP contribution is -2.30. The normalized spacial score (nSPS) is 14.5. The van der Waals surface area contributed by atoms with Crippen LogP contribution in [0.3, 0.4) is 0 Å². The molecule has 2 heterocycles. The lowest BCUT2D eigenvalue weighted by Gasteiger charge is -2.22. The monoisotopic (exact) mass is 384 g/mol. The van der Waals surface area contributed by atoms with E-state index in [9.17, 15) is 13.2 Å². The average molecular weight is 385 g/mol. The Balaban J connectivity index is 1.89. The average Bonchev–Trinajstić information content (AvgIpc) is 2.97. The van der Waals surface area contributed by atoms with E-state index in [0.717, 1.165) is 10.4 Å². The Morgan fingerprint density at radius 3 is 2.71 bits per heavy atom. The van der Waals surface area contributed by atoms with Crippen molar-refractivity contribution in [1.82, 2.24) is 4.31 Å². The van der Waals surface area contributed by atoms with Gasteiger partial charge in [0.2, 0.25) is 15.9 Å². The first-order chi connectivity index (χ1) is 11.4. The fraction of sp³-hybridized carbons (Fsp3) is 0.312. The third kappa shape index (κ3) is 3.49. The number of thiophene rings is 1. The van der Waals surface area contributed by atoms with E-state index >= 15 is 0 Å². The number of nitrogens with zero attached hydrogens (tertiary/aromatic N) is 1. The van der Waals surface area contributed by atoms with E-state index in [4.69, 9.17) is 11.6 Å². The number of fused-ring (bicyclic) bond motifs is 1.